The lowest BCUT2D eigenvalue weighted by atomic mass is 10.0. The number of aromatic nitrogens is 2. The van der Waals surface area contributed by atoms with Crippen LogP contribution in [0, 0.1) is 0 Å². The van der Waals surface area contributed by atoms with Crippen molar-refractivity contribution in [3.8, 4) is 0 Å². The summed E-state index contributed by atoms with van der Waals surface area (Å²) < 4.78 is 0. The lowest BCUT2D eigenvalue weighted by molar-refractivity contribution is 0.563. The first-order chi connectivity index (χ1) is 8.81. The number of unbranched alkanes of at least 4 members (excludes halogenated alkanes) is 1. The van der Waals surface area contributed by atoms with Crippen molar-refractivity contribution < 1.29 is 0 Å². The van der Waals surface area contributed by atoms with Gasteiger partial charge in [0.2, 0.25) is 0 Å². The first-order valence-corrected chi connectivity index (χ1v) is 8.16. The Hall–Kier alpha value is -0.480. The summed E-state index contributed by atoms with van der Waals surface area (Å²) in [4.78, 5) is 0. The molecule has 0 aliphatic heterocycles. The van der Waals surface area contributed by atoms with Gasteiger partial charge in [0.05, 0.1) is 0 Å². The predicted molar refractivity (Wildman–Crippen MR) is 79.3 cm³/mol. The summed E-state index contributed by atoms with van der Waals surface area (Å²) in [6.45, 7) is 8.81. The number of hydrogen-bond donors (Lipinski definition) is 1. The average molecular weight is 269 g/mol. The van der Waals surface area contributed by atoms with E-state index in [9.17, 15) is 0 Å². The van der Waals surface area contributed by atoms with Crippen LogP contribution >= 0.6 is 11.3 Å². The standard InChI is InChI=1S/C14H27N3S/c1-4-7-8-12(6-3)14-17-16-13(18-14)9-11-15-10-5-2/h12,15H,4-11H2,1-3H3. The largest absolute Gasteiger partial charge is 0.316 e. The van der Waals surface area contributed by atoms with Crippen molar-refractivity contribution in [3.05, 3.63) is 10.0 Å². The molecule has 18 heavy (non-hydrogen) atoms. The van der Waals surface area contributed by atoms with Gasteiger partial charge in [-0.05, 0) is 25.8 Å². The molecule has 1 N–H and O–H groups in total. The Morgan fingerprint density at radius 3 is 2.61 bits per heavy atom. The van der Waals surface area contributed by atoms with E-state index in [0.717, 1.165) is 19.5 Å². The fourth-order valence-electron chi connectivity index (χ4n) is 1.98. The third-order valence-electron chi connectivity index (χ3n) is 3.17. The molecule has 0 saturated carbocycles. The Labute approximate surface area is 115 Å². The highest BCUT2D eigenvalue weighted by Crippen LogP contribution is 2.27. The zero-order chi connectivity index (χ0) is 13.2. The molecule has 0 spiro atoms. The second-order valence-corrected chi connectivity index (χ2v) is 5.88. The van der Waals surface area contributed by atoms with Gasteiger partial charge < -0.3 is 5.32 Å². The number of rotatable bonds is 10. The smallest absolute Gasteiger partial charge is 0.120 e. The number of nitrogens with zero attached hydrogens (tertiary/aromatic N) is 2. The van der Waals surface area contributed by atoms with Crippen LogP contribution in [0.15, 0.2) is 0 Å². The van der Waals surface area contributed by atoms with Crippen molar-refractivity contribution in [2.24, 2.45) is 0 Å². The molecule has 0 aromatic carbocycles. The maximum Gasteiger partial charge on any atom is 0.120 e. The Morgan fingerprint density at radius 1 is 1.11 bits per heavy atom. The second kappa shape index (κ2) is 9.45. The molecule has 0 aliphatic rings. The normalized spacial score (nSPS) is 12.8. The molecular formula is C14H27N3S. The summed E-state index contributed by atoms with van der Waals surface area (Å²) in [7, 11) is 0. The van der Waals surface area contributed by atoms with Gasteiger partial charge >= 0.3 is 0 Å². The maximum absolute atomic E-state index is 4.38. The molecule has 1 rings (SSSR count). The van der Waals surface area contributed by atoms with Crippen molar-refractivity contribution in [3.63, 3.8) is 0 Å². The van der Waals surface area contributed by atoms with Crippen molar-refractivity contribution in [2.45, 2.75) is 65.2 Å². The van der Waals surface area contributed by atoms with Gasteiger partial charge in [0.25, 0.3) is 0 Å². The lowest BCUT2D eigenvalue weighted by Crippen LogP contribution is -2.17. The Morgan fingerprint density at radius 2 is 1.94 bits per heavy atom. The first-order valence-electron chi connectivity index (χ1n) is 7.34. The monoisotopic (exact) mass is 269 g/mol. The van der Waals surface area contributed by atoms with E-state index >= 15 is 0 Å². The van der Waals surface area contributed by atoms with Crippen LogP contribution in [0.3, 0.4) is 0 Å². The third-order valence-corrected chi connectivity index (χ3v) is 4.32. The average Bonchev–Trinajstić information content (AvgIpc) is 2.84. The molecule has 104 valence electrons. The van der Waals surface area contributed by atoms with E-state index < -0.39 is 0 Å². The lowest BCUT2D eigenvalue weighted by Gasteiger charge is -2.09. The molecule has 4 heteroatoms. The molecule has 1 heterocycles. The van der Waals surface area contributed by atoms with Crippen molar-refractivity contribution in [1.82, 2.24) is 15.5 Å². The Balaban J connectivity index is 2.40. The highest BCUT2D eigenvalue weighted by molar-refractivity contribution is 7.11. The minimum atomic E-state index is 0.625. The molecular weight excluding hydrogens is 242 g/mol. The highest BCUT2D eigenvalue weighted by atomic mass is 32.1. The summed E-state index contributed by atoms with van der Waals surface area (Å²) in [5, 5.41) is 14.5. The molecule has 1 atom stereocenters. The van der Waals surface area contributed by atoms with Crippen molar-refractivity contribution in [2.75, 3.05) is 13.1 Å². The van der Waals surface area contributed by atoms with Gasteiger partial charge in [0, 0.05) is 18.9 Å². The fraction of sp³-hybridized carbons (Fsp3) is 0.857. The van der Waals surface area contributed by atoms with E-state index in [1.165, 1.54) is 42.1 Å². The van der Waals surface area contributed by atoms with Crippen molar-refractivity contribution in [1.29, 1.82) is 0 Å². The van der Waals surface area contributed by atoms with Gasteiger partial charge in [-0.1, -0.05) is 33.6 Å². The summed E-state index contributed by atoms with van der Waals surface area (Å²) in [5.74, 6) is 0.625. The van der Waals surface area contributed by atoms with E-state index in [0.29, 0.717) is 5.92 Å². The van der Waals surface area contributed by atoms with Gasteiger partial charge in [0.15, 0.2) is 0 Å². The minimum absolute atomic E-state index is 0.625. The van der Waals surface area contributed by atoms with E-state index in [1.54, 1.807) is 0 Å². The fourth-order valence-corrected chi connectivity index (χ4v) is 3.04. The molecule has 0 fully saturated rings. The van der Waals surface area contributed by atoms with Crippen LogP contribution in [0.1, 0.15) is 68.8 Å². The summed E-state index contributed by atoms with van der Waals surface area (Å²) >= 11 is 1.81. The number of nitrogens with one attached hydrogen (secondary N) is 1. The second-order valence-electron chi connectivity index (χ2n) is 4.78. The Kier molecular flexibility index (Phi) is 8.18. The van der Waals surface area contributed by atoms with Crippen LogP contribution in [0.5, 0.6) is 0 Å². The summed E-state index contributed by atoms with van der Waals surface area (Å²) in [6, 6.07) is 0. The van der Waals surface area contributed by atoms with Gasteiger partial charge in [-0.3, -0.25) is 0 Å². The SMILES string of the molecule is CCCCC(CC)c1nnc(CCNCCC)s1. The van der Waals surface area contributed by atoms with Crippen molar-refractivity contribution >= 4 is 11.3 Å². The van der Waals surface area contributed by atoms with Crippen LogP contribution < -0.4 is 5.32 Å². The van der Waals surface area contributed by atoms with Crippen LogP contribution in [-0.2, 0) is 6.42 Å². The molecule has 3 nitrogen and oxygen atoms in total. The van der Waals surface area contributed by atoms with Gasteiger partial charge in [-0.2, -0.15) is 0 Å². The number of hydrogen-bond acceptors (Lipinski definition) is 4. The minimum Gasteiger partial charge on any atom is -0.316 e. The Bertz CT molecular complexity index is 312. The van der Waals surface area contributed by atoms with Crippen LogP contribution in [-0.4, -0.2) is 23.3 Å². The molecule has 0 bridgehead atoms. The van der Waals surface area contributed by atoms with Crippen LogP contribution in [0.2, 0.25) is 0 Å². The molecule has 0 saturated heterocycles. The van der Waals surface area contributed by atoms with Crippen LogP contribution in [0.4, 0.5) is 0 Å². The quantitative estimate of drug-likeness (QED) is 0.657. The van der Waals surface area contributed by atoms with E-state index in [4.69, 9.17) is 0 Å². The highest BCUT2D eigenvalue weighted by Gasteiger charge is 2.14. The van der Waals surface area contributed by atoms with E-state index in [1.807, 2.05) is 11.3 Å². The molecule has 1 aromatic rings. The zero-order valence-corrected chi connectivity index (χ0v) is 12.9. The van der Waals surface area contributed by atoms with E-state index in [-0.39, 0.29) is 0 Å². The van der Waals surface area contributed by atoms with Gasteiger partial charge in [-0.25, -0.2) is 0 Å². The summed E-state index contributed by atoms with van der Waals surface area (Å²) in [5.41, 5.74) is 0. The molecule has 0 radical (unpaired) electrons. The molecule has 1 aromatic heterocycles. The van der Waals surface area contributed by atoms with E-state index in [2.05, 4.69) is 36.3 Å². The topological polar surface area (TPSA) is 37.8 Å². The van der Waals surface area contributed by atoms with Gasteiger partial charge in [-0.15, -0.1) is 21.5 Å². The molecule has 0 amide bonds. The third kappa shape index (κ3) is 5.44. The molecule has 1 unspecified atom stereocenters. The zero-order valence-electron chi connectivity index (χ0n) is 12.0. The first kappa shape index (κ1) is 15.6. The predicted octanol–water partition coefficient (Wildman–Crippen LogP) is 3.76. The summed E-state index contributed by atoms with van der Waals surface area (Å²) in [6.07, 6.45) is 7.21. The maximum atomic E-state index is 4.38. The molecule has 0 aliphatic carbocycles. The van der Waals surface area contributed by atoms with Crippen LogP contribution in [0.25, 0.3) is 0 Å². The van der Waals surface area contributed by atoms with Gasteiger partial charge in [0.1, 0.15) is 10.0 Å².